The van der Waals surface area contributed by atoms with Gasteiger partial charge in [-0.2, -0.15) is 0 Å². The van der Waals surface area contributed by atoms with Crippen molar-refractivity contribution in [3.63, 3.8) is 0 Å². The highest BCUT2D eigenvalue weighted by atomic mass is 16.6. The summed E-state index contributed by atoms with van der Waals surface area (Å²) in [5, 5.41) is 0. The van der Waals surface area contributed by atoms with E-state index in [1.54, 1.807) is 0 Å². The van der Waals surface area contributed by atoms with E-state index in [0.717, 1.165) is 6.42 Å². The molecule has 2 fully saturated rings. The summed E-state index contributed by atoms with van der Waals surface area (Å²) in [4.78, 5) is 11.7. The maximum atomic E-state index is 11.7. The quantitative estimate of drug-likeness (QED) is 0.501. The van der Waals surface area contributed by atoms with E-state index in [-0.39, 0.29) is 29.0 Å². The fourth-order valence-electron chi connectivity index (χ4n) is 2.59. The van der Waals surface area contributed by atoms with E-state index in [4.69, 9.17) is 9.47 Å². The molecule has 1 heterocycles. The summed E-state index contributed by atoms with van der Waals surface area (Å²) in [6, 6.07) is 0. The maximum absolute atomic E-state index is 11.7. The first-order chi connectivity index (χ1) is 6.43. The molecule has 3 atom stereocenters. The minimum Gasteiger partial charge on any atom is -0.466 e. The molecule has 3 heteroatoms. The fourth-order valence-corrected chi connectivity index (χ4v) is 2.59. The topological polar surface area (TPSA) is 38.8 Å². The van der Waals surface area contributed by atoms with Gasteiger partial charge in [0, 0.05) is 5.41 Å². The lowest BCUT2D eigenvalue weighted by Crippen LogP contribution is -2.37. The molecule has 3 nitrogen and oxygen atoms in total. The Balaban J connectivity index is 2.13. The summed E-state index contributed by atoms with van der Waals surface area (Å²) in [5.41, 5.74) is -0.186. The van der Waals surface area contributed by atoms with Gasteiger partial charge in [0.05, 0.1) is 24.2 Å². The second kappa shape index (κ2) is 2.72. The summed E-state index contributed by atoms with van der Waals surface area (Å²) in [6.07, 6.45) is 1.09. The molecule has 14 heavy (non-hydrogen) atoms. The first kappa shape index (κ1) is 9.97. The first-order valence-corrected chi connectivity index (χ1v) is 5.28. The third-order valence-corrected chi connectivity index (χ3v) is 4.12. The van der Waals surface area contributed by atoms with E-state index in [2.05, 4.69) is 20.8 Å². The van der Waals surface area contributed by atoms with Crippen molar-refractivity contribution in [3.05, 3.63) is 0 Å². The lowest BCUT2D eigenvalue weighted by molar-refractivity contribution is -0.154. The molecule has 0 amide bonds. The van der Waals surface area contributed by atoms with Crippen LogP contribution in [0.15, 0.2) is 0 Å². The minimum absolute atomic E-state index is 0.00574. The lowest BCUT2D eigenvalue weighted by atomic mass is 9.75. The molecular weight excluding hydrogens is 180 g/mol. The van der Waals surface area contributed by atoms with E-state index in [9.17, 15) is 4.79 Å². The van der Waals surface area contributed by atoms with Crippen LogP contribution in [-0.4, -0.2) is 24.3 Å². The van der Waals surface area contributed by atoms with Crippen LogP contribution in [0.2, 0.25) is 0 Å². The average molecular weight is 198 g/mol. The van der Waals surface area contributed by atoms with Crippen LogP contribution >= 0.6 is 0 Å². The predicted molar refractivity (Wildman–Crippen MR) is 51.8 cm³/mol. The molecule has 1 saturated heterocycles. The van der Waals surface area contributed by atoms with Crippen LogP contribution in [0.5, 0.6) is 0 Å². The monoisotopic (exact) mass is 198 g/mol. The van der Waals surface area contributed by atoms with Gasteiger partial charge < -0.3 is 9.47 Å². The van der Waals surface area contributed by atoms with Crippen molar-refractivity contribution < 1.29 is 14.3 Å². The highest BCUT2D eigenvalue weighted by Crippen LogP contribution is 2.63. The molecule has 1 saturated carbocycles. The Morgan fingerprint density at radius 3 is 2.57 bits per heavy atom. The summed E-state index contributed by atoms with van der Waals surface area (Å²) in [6.45, 7) is 8.60. The van der Waals surface area contributed by atoms with E-state index in [1.807, 2.05) is 6.92 Å². The van der Waals surface area contributed by atoms with Crippen molar-refractivity contribution in [1.82, 2.24) is 0 Å². The number of fused-ring (bicyclic) bond motifs is 1. The molecule has 0 spiro atoms. The number of ether oxygens (including phenoxy) is 2. The summed E-state index contributed by atoms with van der Waals surface area (Å²) < 4.78 is 10.7. The molecule has 1 aliphatic heterocycles. The third kappa shape index (κ3) is 1.05. The first-order valence-electron chi connectivity index (χ1n) is 5.28. The van der Waals surface area contributed by atoms with Crippen LogP contribution in [-0.2, 0) is 14.3 Å². The number of carbonyl (C=O) groups excluding carboxylic acids is 1. The minimum atomic E-state index is -0.0933. The van der Waals surface area contributed by atoms with Gasteiger partial charge in [-0.25, -0.2) is 0 Å². The fraction of sp³-hybridized carbons (Fsp3) is 0.909. The average Bonchev–Trinajstić information content (AvgIpc) is 2.69. The molecule has 0 aromatic carbocycles. The molecule has 0 radical (unpaired) electrons. The van der Waals surface area contributed by atoms with E-state index in [1.165, 1.54) is 0 Å². The summed E-state index contributed by atoms with van der Waals surface area (Å²) in [5.74, 6) is -0.0549. The van der Waals surface area contributed by atoms with Gasteiger partial charge in [-0.1, -0.05) is 13.8 Å². The molecular formula is C11H18O3. The van der Waals surface area contributed by atoms with Crippen LogP contribution < -0.4 is 0 Å². The van der Waals surface area contributed by atoms with Crippen molar-refractivity contribution in [2.75, 3.05) is 6.61 Å². The Morgan fingerprint density at radius 2 is 2.14 bits per heavy atom. The van der Waals surface area contributed by atoms with Crippen molar-refractivity contribution in [2.24, 2.45) is 11.3 Å². The van der Waals surface area contributed by atoms with Crippen LogP contribution in [0.1, 0.15) is 34.1 Å². The number of hydrogen-bond acceptors (Lipinski definition) is 3. The Labute approximate surface area is 84.8 Å². The van der Waals surface area contributed by atoms with Gasteiger partial charge in [-0.3, -0.25) is 4.79 Å². The van der Waals surface area contributed by atoms with Crippen molar-refractivity contribution >= 4 is 5.97 Å². The Morgan fingerprint density at radius 1 is 1.50 bits per heavy atom. The molecule has 1 aliphatic carbocycles. The zero-order chi connectivity index (χ0) is 10.6. The van der Waals surface area contributed by atoms with Crippen LogP contribution in [0.4, 0.5) is 0 Å². The van der Waals surface area contributed by atoms with E-state index in [0.29, 0.717) is 6.61 Å². The zero-order valence-corrected chi connectivity index (χ0v) is 9.29. The highest BCUT2D eigenvalue weighted by molar-refractivity contribution is 5.75. The predicted octanol–water partition coefficient (Wildman–Crippen LogP) is 1.75. The van der Waals surface area contributed by atoms with E-state index < -0.39 is 0 Å². The molecule has 80 valence electrons. The van der Waals surface area contributed by atoms with E-state index >= 15 is 0 Å². The number of rotatable bonds is 2. The van der Waals surface area contributed by atoms with Gasteiger partial charge in [-0.05, 0) is 20.3 Å². The van der Waals surface area contributed by atoms with Gasteiger partial charge >= 0.3 is 5.97 Å². The zero-order valence-electron chi connectivity index (χ0n) is 9.29. The highest BCUT2D eigenvalue weighted by Gasteiger charge is 2.71. The van der Waals surface area contributed by atoms with Gasteiger partial charge in [-0.15, -0.1) is 0 Å². The number of hydrogen-bond donors (Lipinski definition) is 0. The van der Waals surface area contributed by atoms with Crippen LogP contribution in [0, 0.1) is 11.3 Å². The Kier molecular flexibility index (Phi) is 1.94. The second-order valence-corrected chi connectivity index (χ2v) is 4.98. The molecule has 0 unspecified atom stereocenters. The molecule has 0 aromatic rings. The molecule has 2 aliphatic rings. The SMILES string of the molecule is CCOC(=O)[C@H]1C[C@H]2O[C@@]2(C)C1(C)C. The van der Waals surface area contributed by atoms with Crippen LogP contribution in [0.25, 0.3) is 0 Å². The van der Waals surface area contributed by atoms with Gasteiger partial charge in [0.15, 0.2) is 0 Å². The maximum Gasteiger partial charge on any atom is 0.309 e. The van der Waals surface area contributed by atoms with Crippen LogP contribution in [0.3, 0.4) is 0 Å². The number of carbonyl (C=O) groups is 1. The number of esters is 1. The Bertz CT molecular complexity index is 272. The summed E-state index contributed by atoms with van der Waals surface area (Å²) >= 11 is 0. The smallest absolute Gasteiger partial charge is 0.309 e. The standard InChI is InChI=1S/C11H18O3/c1-5-13-9(12)7-6-8-11(4,14-8)10(7,2)3/h7-8H,5-6H2,1-4H3/t7-,8-,11-/m1/s1. The molecule has 2 rings (SSSR count). The van der Waals surface area contributed by atoms with Crippen molar-refractivity contribution in [2.45, 2.75) is 45.8 Å². The largest absolute Gasteiger partial charge is 0.466 e. The third-order valence-electron chi connectivity index (χ3n) is 4.12. The van der Waals surface area contributed by atoms with Gasteiger partial charge in [0.25, 0.3) is 0 Å². The molecule has 0 aromatic heterocycles. The Hall–Kier alpha value is -0.570. The van der Waals surface area contributed by atoms with Gasteiger partial charge in [0.2, 0.25) is 0 Å². The van der Waals surface area contributed by atoms with Crippen molar-refractivity contribution in [3.8, 4) is 0 Å². The lowest BCUT2D eigenvalue weighted by Gasteiger charge is -2.31. The second-order valence-electron chi connectivity index (χ2n) is 4.98. The molecule has 0 N–H and O–H groups in total. The normalized spacial score (nSPS) is 43.1. The van der Waals surface area contributed by atoms with Crippen molar-refractivity contribution in [1.29, 1.82) is 0 Å². The molecule has 0 bridgehead atoms. The number of epoxide rings is 1. The van der Waals surface area contributed by atoms with Gasteiger partial charge in [0.1, 0.15) is 0 Å². The summed E-state index contributed by atoms with van der Waals surface area (Å²) in [7, 11) is 0.